The van der Waals surface area contributed by atoms with Crippen LogP contribution in [0.4, 0.5) is 51.2 Å². The van der Waals surface area contributed by atoms with Gasteiger partial charge in [-0.25, -0.2) is 0 Å². The van der Waals surface area contributed by atoms with Gasteiger partial charge < -0.3 is 28.6 Å². The number of anilines is 9. The summed E-state index contributed by atoms with van der Waals surface area (Å²) in [7, 11) is 0. The number of ether oxygens (including phenoxy) is 2. The number of benzene rings is 11. The van der Waals surface area contributed by atoms with Crippen LogP contribution in [0.15, 0.2) is 229 Å². The predicted molar refractivity (Wildman–Crippen MR) is 378 cm³/mol. The van der Waals surface area contributed by atoms with Crippen molar-refractivity contribution in [2.75, 3.05) is 27.9 Å². The van der Waals surface area contributed by atoms with E-state index in [1.165, 1.54) is 71.8 Å². The SMILES string of the molecule is CC(C)(C)c1ccc(N2c3ccc(C(C)(C)C)cc3B3c4cc5c(cc4N(c4ccc(C(C)(C)C)cc4)c4cc(-c6ccc(N(c7ccc(-c8cc9ccccc9o8)cc7)c7ccc8c(c7)C(C)(C)c7ccc9ccccc9c7-8)cc6)cc2c43)OCCO5)cc1. The molecule has 0 unspecified atom stereocenters. The number of hydrogen-bond donors (Lipinski definition) is 0. The van der Waals surface area contributed by atoms with Gasteiger partial charge in [0.15, 0.2) is 11.5 Å². The highest BCUT2D eigenvalue weighted by molar-refractivity contribution is 7.00. The Kier molecular flexibility index (Phi) is 12.4. The second-order valence-electron chi connectivity index (χ2n) is 28.8. The fourth-order valence-corrected chi connectivity index (χ4v) is 14.7. The first-order valence-electron chi connectivity index (χ1n) is 32.0. The lowest BCUT2D eigenvalue weighted by Gasteiger charge is -2.45. The first kappa shape index (κ1) is 55.6. The van der Waals surface area contributed by atoms with Crippen LogP contribution in [0.3, 0.4) is 0 Å². The predicted octanol–water partition coefficient (Wildman–Crippen LogP) is 20.4. The van der Waals surface area contributed by atoms with Crippen molar-refractivity contribution in [1.82, 2.24) is 0 Å². The van der Waals surface area contributed by atoms with Crippen molar-refractivity contribution >= 4 is 96.0 Å². The zero-order valence-electron chi connectivity index (χ0n) is 53.4. The van der Waals surface area contributed by atoms with Crippen LogP contribution in [0.2, 0.25) is 0 Å². The number of para-hydroxylation sites is 1. The van der Waals surface area contributed by atoms with Crippen molar-refractivity contribution in [1.29, 1.82) is 0 Å². The Bertz CT molecular complexity index is 4830. The molecule has 0 bridgehead atoms. The highest BCUT2D eigenvalue weighted by Crippen LogP contribution is 2.54. The third-order valence-electron chi connectivity index (χ3n) is 19.7. The van der Waals surface area contributed by atoms with Gasteiger partial charge in [-0.15, -0.1) is 0 Å². The lowest BCUT2D eigenvalue weighted by molar-refractivity contribution is 0.172. The third-order valence-corrected chi connectivity index (χ3v) is 19.7. The lowest BCUT2D eigenvalue weighted by atomic mass is 9.33. The van der Waals surface area contributed by atoms with Crippen LogP contribution in [0, 0.1) is 0 Å². The van der Waals surface area contributed by atoms with Crippen LogP contribution >= 0.6 is 0 Å². The maximum atomic E-state index is 6.50. The van der Waals surface area contributed by atoms with Crippen molar-refractivity contribution < 1.29 is 13.9 Å². The molecule has 1 aliphatic carbocycles. The van der Waals surface area contributed by atoms with Crippen molar-refractivity contribution in [2.24, 2.45) is 0 Å². The minimum atomic E-state index is -0.224. The van der Waals surface area contributed by atoms with Gasteiger partial charge in [-0.2, -0.15) is 0 Å². The van der Waals surface area contributed by atoms with Crippen LogP contribution in [-0.4, -0.2) is 19.9 Å². The number of nitrogens with zero attached hydrogens (tertiary/aromatic N) is 3. The molecule has 12 aromatic rings. The molecule has 0 spiro atoms. The van der Waals surface area contributed by atoms with Crippen LogP contribution in [0.25, 0.3) is 55.3 Å². The molecule has 442 valence electrons. The lowest BCUT2D eigenvalue weighted by Crippen LogP contribution is -2.61. The molecule has 3 aliphatic heterocycles. The molecule has 4 aliphatic rings. The largest absolute Gasteiger partial charge is 0.486 e. The molecule has 0 N–H and O–H groups in total. The average molecular weight is 1170 g/mol. The number of furan rings is 1. The van der Waals surface area contributed by atoms with Gasteiger partial charge in [-0.3, -0.25) is 0 Å². The smallest absolute Gasteiger partial charge is 0.252 e. The van der Waals surface area contributed by atoms with Gasteiger partial charge in [0.2, 0.25) is 0 Å². The summed E-state index contributed by atoms with van der Waals surface area (Å²) in [5.41, 5.74) is 26.6. The first-order valence-corrected chi connectivity index (χ1v) is 32.0. The van der Waals surface area contributed by atoms with Crippen LogP contribution in [0.5, 0.6) is 11.5 Å². The van der Waals surface area contributed by atoms with Crippen LogP contribution in [0.1, 0.15) is 104 Å². The molecule has 16 rings (SSSR count). The van der Waals surface area contributed by atoms with Gasteiger partial charge in [0, 0.05) is 73.6 Å². The topological polar surface area (TPSA) is 41.3 Å². The van der Waals surface area contributed by atoms with Crippen LogP contribution in [-0.2, 0) is 21.7 Å². The molecule has 0 atom stereocenters. The molecule has 7 heteroatoms. The van der Waals surface area contributed by atoms with Crippen molar-refractivity contribution in [3.05, 3.63) is 252 Å². The molecule has 0 saturated carbocycles. The van der Waals surface area contributed by atoms with Gasteiger partial charge in [-0.05, 0) is 203 Å². The molecular weight excluding hydrogens is 1100 g/mol. The standard InChI is InChI=1S/C83H74BN3O3/c1-80(2,3)56-25-34-61(35-26-56)86-70-41-29-58(82(7,8)9)47-68(70)84-69-49-76-77(89-43-42-88-76)50-71(69)87(62-36-27-57(28-37-62)81(4,5)6)73-45-55(44-72(86)79(73)84)51-20-30-59(31-21-51)85(60-32-22-53(23-33-60)75-46-54-17-13-15-19-74(54)90-75)63-38-39-65-67(48-63)83(10,11)66-40-24-52-16-12-14-18-64(52)78(65)66/h12-41,44-50H,42-43H2,1-11H3. The minimum Gasteiger partial charge on any atom is -0.486 e. The van der Waals surface area contributed by atoms with Crippen LogP contribution < -0.4 is 40.6 Å². The summed E-state index contributed by atoms with van der Waals surface area (Å²) < 4.78 is 19.4. The Balaban J connectivity index is 0.896. The quantitative estimate of drug-likeness (QED) is 0.148. The van der Waals surface area contributed by atoms with E-state index < -0.39 is 0 Å². The van der Waals surface area contributed by atoms with E-state index in [0.717, 1.165) is 90.4 Å². The summed E-state index contributed by atoms with van der Waals surface area (Å²) in [5, 5.41) is 3.65. The number of rotatable bonds is 7. The molecular formula is C83H74BN3O3. The van der Waals surface area contributed by atoms with E-state index in [2.05, 4.69) is 303 Å². The van der Waals surface area contributed by atoms with Gasteiger partial charge in [0.05, 0.1) is 0 Å². The molecule has 6 nitrogen and oxygen atoms in total. The maximum absolute atomic E-state index is 6.50. The molecule has 4 heterocycles. The molecule has 0 radical (unpaired) electrons. The van der Waals surface area contributed by atoms with E-state index in [9.17, 15) is 0 Å². The summed E-state index contributed by atoms with van der Waals surface area (Å²) >= 11 is 0. The summed E-state index contributed by atoms with van der Waals surface area (Å²) in [5.74, 6) is 2.41. The monoisotopic (exact) mass is 1170 g/mol. The van der Waals surface area contributed by atoms with E-state index in [0.29, 0.717) is 13.2 Å². The Morgan fingerprint density at radius 3 is 1.59 bits per heavy atom. The Hall–Kier alpha value is -9.72. The van der Waals surface area contributed by atoms with Gasteiger partial charge in [-0.1, -0.05) is 185 Å². The summed E-state index contributed by atoms with van der Waals surface area (Å²) in [6, 6.07) is 84.3. The first-order chi connectivity index (χ1) is 43.2. The molecule has 90 heavy (non-hydrogen) atoms. The molecule has 11 aromatic carbocycles. The third kappa shape index (κ3) is 8.97. The van der Waals surface area contributed by atoms with Crippen molar-refractivity contribution in [3.8, 4) is 45.1 Å². The fourth-order valence-electron chi connectivity index (χ4n) is 14.7. The maximum Gasteiger partial charge on any atom is 0.252 e. The fraction of sp³-hybridized carbons (Fsp3) is 0.205. The number of fused-ring (bicyclic) bond motifs is 11. The highest BCUT2D eigenvalue weighted by Gasteiger charge is 2.46. The summed E-state index contributed by atoms with van der Waals surface area (Å²) in [6.45, 7) is 26.3. The molecule has 0 amide bonds. The Morgan fingerprint density at radius 1 is 0.422 bits per heavy atom. The molecule has 1 aromatic heterocycles. The molecule has 0 fully saturated rings. The van der Waals surface area contributed by atoms with Gasteiger partial charge in [0.1, 0.15) is 24.6 Å². The van der Waals surface area contributed by atoms with E-state index in [1.54, 1.807) is 0 Å². The van der Waals surface area contributed by atoms with E-state index in [4.69, 9.17) is 13.9 Å². The van der Waals surface area contributed by atoms with Gasteiger partial charge >= 0.3 is 0 Å². The Morgan fingerprint density at radius 2 is 0.967 bits per heavy atom. The zero-order chi connectivity index (χ0) is 61.8. The Labute approximate surface area is 530 Å². The normalized spacial score (nSPS) is 14.5. The van der Waals surface area contributed by atoms with E-state index in [-0.39, 0.29) is 28.4 Å². The second-order valence-corrected chi connectivity index (χ2v) is 28.8. The highest BCUT2D eigenvalue weighted by atomic mass is 16.6. The average Bonchev–Trinajstić information content (AvgIpc) is 0.720. The minimum absolute atomic E-state index is 0.0131. The van der Waals surface area contributed by atoms with Crippen molar-refractivity contribution in [2.45, 2.75) is 97.8 Å². The van der Waals surface area contributed by atoms with E-state index in [1.807, 2.05) is 12.1 Å². The van der Waals surface area contributed by atoms with Crippen molar-refractivity contribution in [3.63, 3.8) is 0 Å². The summed E-state index contributed by atoms with van der Waals surface area (Å²) in [4.78, 5) is 7.46. The second kappa shape index (κ2) is 20.2. The van der Waals surface area contributed by atoms with E-state index >= 15 is 0 Å². The zero-order valence-corrected chi connectivity index (χ0v) is 53.4. The van der Waals surface area contributed by atoms with Gasteiger partial charge in [0.25, 0.3) is 6.71 Å². The summed E-state index contributed by atoms with van der Waals surface area (Å²) in [6.07, 6.45) is 0. The number of hydrogen-bond acceptors (Lipinski definition) is 6. The molecule has 0 saturated heterocycles.